The Kier molecular flexibility index (Phi) is 4.87. The Morgan fingerprint density at radius 2 is 1.81 bits per heavy atom. The lowest BCUT2D eigenvalue weighted by atomic mass is 10.0. The van der Waals surface area contributed by atoms with Crippen LogP contribution in [0.2, 0.25) is 5.02 Å². The topological polar surface area (TPSA) is 23.6 Å². The van der Waals surface area contributed by atoms with Gasteiger partial charge in [-0.3, -0.25) is 4.79 Å². The zero-order valence-corrected chi connectivity index (χ0v) is 14.4. The molecule has 21 heavy (non-hydrogen) atoms. The Hall–Kier alpha value is -0.580. The second kappa shape index (κ2) is 6.67. The van der Waals surface area contributed by atoms with Crippen LogP contribution in [0.15, 0.2) is 22.7 Å². The molecule has 0 saturated carbocycles. The van der Waals surface area contributed by atoms with E-state index in [0.717, 1.165) is 30.4 Å². The summed E-state index contributed by atoms with van der Waals surface area (Å²) in [6.07, 6.45) is 4.82. The lowest BCUT2D eigenvalue weighted by Crippen LogP contribution is -2.45. The molecule has 114 valence electrons. The van der Waals surface area contributed by atoms with Crippen molar-refractivity contribution in [2.75, 3.05) is 26.2 Å². The van der Waals surface area contributed by atoms with Gasteiger partial charge in [-0.2, -0.15) is 0 Å². The molecule has 0 atom stereocenters. The number of nitrogens with zero attached hydrogens (tertiary/aromatic N) is 2. The summed E-state index contributed by atoms with van der Waals surface area (Å²) in [6.45, 7) is 4.15. The van der Waals surface area contributed by atoms with E-state index in [0.29, 0.717) is 16.6 Å². The average molecular weight is 372 g/mol. The van der Waals surface area contributed by atoms with Crippen molar-refractivity contribution < 1.29 is 4.79 Å². The van der Waals surface area contributed by atoms with Gasteiger partial charge >= 0.3 is 0 Å². The Bertz CT molecular complexity index is 523. The fraction of sp³-hybridized carbons (Fsp3) is 0.562. The molecule has 1 aromatic rings. The predicted molar refractivity (Wildman–Crippen MR) is 88.9 cm³/mol. The van der Waals surface area contributed by atoms with Crippen molar-refractivity contribution in [3.05, 3.63) is 33.3 Å². The molecule has 2 saturated heterocycles. The molecule has 5 heteroatoms. The standard InChI is InChI=1S/C16H20BrClN2O/c17-12-3-4-14(15(18)11-12)16(21)20-9-5-13(6-10-20)19-7-1-2-8-19/h3-4,11,13H,1-2,5-10H2. The summed E-state index contributed by atoms with van der Waals surface area (Å²) in [6, 6.07) is 6.13. The molecule has 1 amide bonds. The predicted octanol–water partition coefficient (Wildman–Crippen LogP) is 3.80. The number of amides is 1. The number of carbonyl (C=O) groups excluding carboxylic acids is 1. The monoisotopic (exact) mass is 370 g/mol. The highest BCUT2D eigenvalue weighted by molar-refractivity contribution is 9.10. The van der Waals surface area contributed by atoms with Crippen LogP contribution in [0.3, 0.4) is 0 Å². The molecule has 3 rings (SSSR count). The number of rotatable bonds is 2. The third-order valence-corrected chi connectivity index (χ3v) is 5.38. The Labute approximate surface area is 139 Å². The number of benzene rings is 1. The van der Waals surface area contributed by atoms with Gasteiger partial charge in [-0.15, -0.1) is 0 Å². The van der Waals surface area contributed by atoms with Gasteiger partial charge in [0.05, 0.1) is 10.6 Å². The summed E-state index contributed by atoms with van der Waals surface area (Å²) in [5, 5.41) is 0.524. The number of likely N-dealkylation sites (tertiary alicyclic amines) is 2. The summed E-state index contributed by atoms with van der Waals surface area (Å²) in [5.74, 6) is 0.0624. The van der Waals surface area contributed by atoms with Gasteiger partial charge in [-0.05, 0) is 57.0 Å². The first-order valence-corrected chi connectivity index (χ1v) is 8.80. The maximum absolute atomic E-state index is 12.6. The van der Waals surface area contributed by atoms with E-state index < -0.39 is 0 Å². The van der Waals surface area contributed by atoms with Crippen LogP contribution in [0.1, 0.15) is 36.0 Å². The van der Waals surface area contributed by atoms with Crippen LogP contribution < -0.4 is 0 Å². The van der Waals surface area contributed by atoms with Crippen molar-refractivity contribution in [1.29, 1.82) is 0 Å². The molecule has 0 N–H and O–H groups in total. The number of hydrogen-bond acceptors (Lipinski definition) is 2. The van der Waals surface area contributed by atoms with Crippen molar-refractivity contribution in [2.24, 2.45) is 0 Å². The van der Waals surface area contributed by atoms with Crippen LogP contribution in [-0.4, -0.2) is 47.9 Å². The number of carbonyl (C=O) groups is 1. The maximum atomic E-state index is 12.6. The Morgan fingerprint density at radius 3 is 2.43 bits per heavy atom. The molecule has 1 aromatic carbocycles. The summed E-state index contributed by atoms with van der Waals surface area (Å²) in [5.41, 5.74) is 0.611. The van der Waals surface area contributed by atoms with Crippen molar-refractivity contribution in [3.63, 3.8) is 0 Å². The van der Waals surface area contributed by atoms with Gasteiger partial charge in [0.1, 0.15) is 0 Å². The van der Waals surface area contributed by atoms with Crippen molar-refractivity contribution in [1.82, 2.24) is 9.80 Å². The highest BCUT2D eigenvalue weighted by atomic mass is 79.9. The van der Waals surface area contributed by atoms with Crippen molar-refractivity contribution in [2.45, 2.75) is 31.7 Å². The molecule has 0 aromatic heterocycles. The maximum Gasteiger partial charge on any atom is 0.255 e. The summed E-state index contributed by atoms with van der Waals surface area (Å²) >= 11 is 9.56. The van der Waals surface area contributed by atoms with E-state index in [4.69, 9.17) is 11.6 Å². The van der Waals surface area contributed by atoms with E-state index in [9.17, 15) is 4.79 Å². The first-order valence-electron chi connectivity index (χ1n) is 7.63. The van der Waals surface area contributed by atoms with E-state index in [2.05, 4.69) is 20.8 Å². The van der Waals surface area contributed by atoms with E-state index in [-0.39, 0.29) is 5.91 Å². The fourth-order valence-corrected chi connectivity index (χ4v) is 4.13. The first-order chi connectivity index (χ1) is 10.1. The molecule has 0 unspecified atom stereocenters. The highest BCUT2D eigenvalue weighted by Crippen LogP contribution is 2.25. The van der Waals surface area contributed by atoms with Crippen LogP contribution in [0.25, 0.3) is 0 Å². The minimum Gasteiger partial charge on any atom is -0.338 e. The third-order valence-electron chi connectivity index (χ3n) is 4.57. The highest BCUT2D eigenvalue weighted by Gasteiger charge is 2.29. The Morgan fingerprint density at radius 1 is 1.14 bits per heavy atom. The number of piperidine rings is 1. The molecular weight excluding hydrogens is 352 g/mol. The SMILES string of the molecule is O=C(c1ccc(Br)cc1Cl)N1CCC(N2CCCC2)CC1. The molecule has 2 aliphatic heterocycles. The lowest BCUT2D eigenvalue weighted by Gasteiger charge is -2.36. The molecular formula is C16H20BrClN2O. The van der Waals surface area contributed by atoms with Gasteiger partial charge in [-0.1, -0.05) is 27.5 Å². The molecule has 3 nitrogen and oxygen atoms in total. The Balaban J connectivity index is 1.62. The van der Waals surface area contributed by atoms with Gasteiger partial charge in [0.2, 0.25) is 0 Å². The van der Waals surface area contributed by atoms with Crippen LogP contribution >= 0.6 is 27.5 Å². The van der Waals surface area contributed by atoms with Gasteiger partial charge in [0.15, 0.2) is 0 Å². The summed E-state index contributed by atoms with van der Waals surface area (Å²) in [4.78, 5) is 17.1. The fourth-order valence-electron chi connectivity index (χ4n) is 3.37. The molecule has 2 aliphatic rings. The van der Waals surface area contributed by atoms with E-state index in [1.54, 1.807) is 12.1 Å². The zero-order valence-electron chi connectivity index (χ0n) is 12.0. The van der Waals surface area contributed by atoms with E-state index >= 15 is 0 Å². The lowest BCUT2D eigenvalue weighted by molar-refractivity contribution is 0.0644. The van der Waals surface area contributed by atoms with Crippen LogP contribution in [0, 0.1) is 0 Å². The zero-order chi connectivity index (χ0) is 14.8. The van der Waals surface area contributed by atoms with Crippen molar-refractivity contribution >= 4 is 33.4 Å². The minimum atomic E-state index is 0.0624. The van der Waals surface area contributed by atoms with Crippen LogP contribution in [-0.2, 0) is 0 Å². The van der Waals surface area contributed by atoms with Gasteiger partial charge in [-0.25, -0.2) is 0 Å². The molecule has 0 spiro atoms. The third kappa shape index (κ3) is 3.43. The summed E-state index contributed by atoms with van der Waals surface area (Å²) in [7, 11) is 0. The molecule has 2 fully saturated rings. The molecule has 0 aliphatic carbocycles. The second-order valence-corrected chi connectivity index (χ2v) is 7.21. The molecule has 0 bridgehead atoms. The number of hydrogen-bond donors (Lipinski definition) is 0. The number of halogens is 2. The first kappa shape index (κ1) is 15.3. The second-order valence-electron chi connectivity index (χ2n) is 5.89. The van der Waals surface area contributed by atoms with E-state index in [1.807, 2.05) is 11.0 Å². The van der Waals surface area contributed by atoms with E-state index in [1.165, 1.54) is 25.9 Å². The molecule has 0 radical (unpaired) electrons. The summed E-state index contributed by atoms with van der Waals surface area (Å²) < 4.78 is 0.900. The molecule has 2 heterocycles. The van der Waals surface area contributed by atoms with Gasteiger partial charge in [0, 0.05) is 23.6 Å². The largest absolute Gasteiger partial charge is 0.338 e. The van der Waals surface area contributed by atoms with Gasteiger partial charge in [0.25, 0.3) is 5.91 Å². The van der Waals surface area contributed by atoms with Crippen molar-refractivity contribution in [3.8, 4) is 0 Å². The van der Waals surface area contributed by atoms with Crippen LogP contribution in [0.5, 0.6) is 0 Å². The smallest absolute Gasteiger partial charge is 0.255 e. The van der Waals surface area contributed by atoms with Gasteiger partial charge < -0.3 is 9.80 Å². The van der Waals surface area contributed by atoms with Crippen LogP contribution in [0.4, 0.5) is 0 Å². The quantitative estimate of drug-likeness (QED) is 0.789. The minimum absolute atomic E-state index is 0.0624. The average Bonchev–Trinajstić information content (AvgIpc) is 3.01. The normalized spacial score (nSPS) is 21.0.